The molecule has 0 unspecified atom stereocenters. The maximum atomic E-state index is 8.59. The molecule has 0 saturated heterocycles. The Morgan fingerprint density at radius 1 is 1.16 bits per heavy atom. The molecule has 0 saturated carbocycles. The van der Waals surface area contributed by atoms with E-state index in [4.69, 9.17) is 9.84 Å². The highest BCUT2D eigenvalue weighted by Gasteiger charge is 2.04. The number of aliphatic hydroxyl groups excluding tert-OH is 1. The number of hydrogen-bond donors (Lipinski definition) is 2. The lowest BCUT2D eigenvalue weighted by Gasteiger charge is -2.09. The smallest absolute Gasteiger partial charge is 0.156 e. The summed E-state index contributed by atoms with van der Waals surface area (Å²) in [5, 5.41) is 22.4. The molecule has 0 radical (unpaired) electrons. The first-order valence-corrected chi connectivity index (χ1v) is 6.47. The van der Waals surface area contributed by atoms with Gasteiger partial charge in [-0.25, -0.2) is 0 Å². The Morgan fingerprint density at radius 3 is 2.74 bits per heavy atom. The van der Waals surface area contributed by atoms with Crippen LogP contribution in [0.25, 0.3) is 10.8 Å². The first kappa shape index (κ1) is 13.7. The summed E-state index contributed by atoms with van der Waals surface area (Å²) in [6.45, 7) is 3.83. The number of aromatic nitrogens is 2. The van der Waals surface area contributed by atoms with E-state index in [0.29, 0.717) is 13.2 Å². The summed E-state index contributed by atoms with van der Waals surface area (Å²) in [6.07, 6.45) is 0.865. The van der Waals surface area contributed by atoms with Crippen LogP contribution in [0.4, 0.5) is 5.82 Å². The Labute approximate surface area is 112 Å². The van der Waals surface area contributed by atoms with Crippen LogP contribution in [0.3, 0.4) is 0 Å². The van der Waals surface area contributed by atoms with Crippen molar-refractivity contribution in [2.75, 3.05) is 31.7 Å². The minimum atomic E-state index is 0.0709. The van der Waals surface area contributed by atoms with E-state index in [0.717, 1.165) is 35.2 Å². The number of aryl methyl sites for hydroxylation is 1. The molecule has 0 aliphatic rings. The molecule has 0 amide bonds. The molecule has 0 aliphatic heterocycles. The Kier molecular flexibility index (Phi) is 5.06. The second-order valence-electron chi connectivity index (χ2n) is 4.30. The lowest BCUT2D eigenvalue weighted by atomic mass is 10.1. The van der Waals surface area contributed by atoms with Crippen molar-refractivity contribution in [3.8, 4) is 0 Å². The fraction of sp³-hybridized carbons (Fsp3) is 0.429. The number of fused-ring (bicyclic) bond motifs is 1. The molecule has 1 aromatic heterocycles. The molecule has 1 aromatic carbocycles. The maximum Gasteiger partial charge on any atom is 0.156 e. The van der Waals surface area contributed by atoms with Gasteiger partial charge in [0.15, 0.2) is 5.82 Å². The van der Waals surface area contributed by atoms with Crippen LogP contribution in [0.5, 0.6) is 0 Å². The Morgan fingerprint density at radius 2 is 1.95 bits per heavy atom. The second kappa shape index (κ2) is 7.01. The zero-order valence-electron chi connectivity index (χ0n) is 11.1. The van der Waals surface area contributed by atoms with Gasteiger partial charge in [-0.15, -0.1) is 5.10 Å². The minimum Gasteiger partial charge on any atom is -0.394 e. The van der Waals surface area contributed by atoms with Crippen molar-refractivity contribution in [1.29, 1.82) is 0 Å². The van der Waals surface area contributed by atoms with E-state index in [1.54, 1.807) is 0 Å². The predicted molar refractivity (Wildman–Crippen MR) is 75.3 cm³/mol. The van der Waals surface area contributed by atoms with Crippen LogP contribution < -0.4 is 5.32 Å². The first-order valence-electron chi connectivity index (χ1n) is 6.47. The molecule has 0 atom stereocenters. The van der Waals surface area contributed by atoms with Crippen molar-refractivity contribution in [3.05, 3.63) is 30.0 Å². The van der Waals surface area contributed by atoms with E-state index in [-0.39, 0.29) is 6.61 Å². The summed E-state index contributed by atoms with van der Waals surface area (Å²) in [5.41, 5.74) is 0.937. The van der Waals surface area contributed by atoms with E-state index in [1.807, 2.05) is 25.1 Å². The molecule has 1 heterocycles. The maximum absolute atomic E-state index is 8.59. The van der Waals surface area contributed by atoms with Gasteiger partial charge in [-0.2, -0.15) is 5.10 Å². The summed E-state index contributed by atoms with van der Waals surface area (Å²) in [6, 6.07) is 8.10. The molecule has 2 aromatic rings. The molecule has 5 heteroatoms. The van der Waals surface area contributed by atoms with Gasteiger partial charge in [-0.3, -0.25) is 0 Å². The number of aliphatic hydroxyl groups is 1. The predicted octanol–water partition coefficient (Wildman–Crippen LogP) is 1.75. The highest BCUT2D eigenvalue weighted by atomic mass is 16.5. The van der Waals surface area contributed by atoms with Crippen LogP contribution in [0.1, 0.15) is 12.1 Å². The molecule has 5 nitrogen and oxygen atoms in total. The number of ether oxygens (including phenoxy) is 1. The lowest BCUT2D eigenvalue weighted by Crippen LogP contribution is -2.09. The summed E-state index contributed by atoms with van der Waals surface area (Å²) >= 11 is 0. The van der Waals surface area contributed by atoms with Gasteiger partial charge in [0.1, 0.15) is 0 Å². The number of hydrogen-bond acceptors (Lipinski definition) is 5. The summed E-state index contributed by atoms with van der Waals surface area (Å²) in [5.74, 6) is 0.809. The van der Waals surface area contributed by atoms with Gasteiger partial charge < -0.3 is 15.2 Å². The Balaban J connectivity index is 1.96. The lowest BCUT2D eigenvalue weighted by molar-refractivity contribution is 0.0922. The molecule has 0 aliphatic carbocycles. The molecule has 0 bridgehead atoms. The van der Waals surface area contributed by atoms with Crippen LogP contribution in [-0.2, 0) is 4.74 Å². The van der Waals surface area contributed by atoms with Gasteiger partial charge in [-0.05, 0) is 13.3 Å². The highest BCUT2D eigenvalue weighted by Crippen LogP contribution is 2.21. The van der Waals surface area contributed by atoms with Gasteiger partial charge in [0, 0.05) is 23.9 Å². The normalized spacial score (nSPS) is 10.8. The van der Waals surface area contributed by atoms with Crippen LogP contribution in [-0.4, -0.2) is 41.7 Å². The third-order valence-corrected chi connectivity index (χ3v) is 2.87. The number of nitrogens with zero attached hydrogens (tertiary/aromatic N) is 2. The Hall–Kier alpha value is -1.72. The molecule has 0 fully saturated rings. The minimum absolute atomic E-state index is 0.0709. The Bertz CT molecular complexity index is 531. The van der Waals surface area contributed by atoms with Gasteiger partial charge in [0.25, 0.3) is 0 Å². The summed E-state index contributed by atoms with van der Waals surface area (Å²) in [7, 11) is 0. The van der Waals surface area contributed by atoms with Crippen LogP contribution in [0.15, 0.2) is 24.3 Å². The molecule has 0 spiro atoms. The van der Waals surface area contributed by atoms with Gasteiger partial charge >= 0.3 is 0 Å². The third kappa shape index (κ3) is 3.62. The first-order chi connectivity index (χ1) is 9.33. The molecule has 102 valence electrons. The van der Waals surface area contributed by atoms with Crippen LogP contribution in [0.2, 0.25) is 0 Å². The van der Waals surface area contributed by atoms with Crippen molar-refractivity contribution in [1.82, 2.24) is 10.2 Å². The molecular weight excluding hydrogens is 242 g/mol. The van der Waals surface area contributed by atoms with E-state index >= 15 is 0 Å². The topological polar surface area (TPSA) is 67.3 Å². The fourth-order valence-electron chi connectivity index (χ4n) is 1.92. The summed E-state index contributed by atoms with van der Waals surface area (Å²) in [4.78, 5) is 0. The van der Waals surface area contributed by atoms with Gasteiger partial charge in [-0.1, -0.05) is 24.3 Å². The van der Waals surface area contributed by atoms with Gasteiger partial charge in [0.2, 0.25) is 0 Å². The fourth-order valence-corrected chi connectivity index (χ4v) is 1.92. The zero-order chi connectivity index (χ0) is 13.5. The van der Waals surface area contributed by atoms with E-state index < -0.39 is 0 Å². The number of nitrogens with one attached hydrogen (secondary N) is 1. The van der Waals surface area contributed by atoms with Crippen molar-refractivity contribution >= 4 is 16.6 Å². The quantitative estimate of drug-likeness (QED) is 0.743. The van der Waals surface area contributed by atoms with Crippen LogP contribution in [0, 0.1) is 6.92 Å². The standard InChI is InChI=1S/C14H19N3O2/c1-11-12-5-2-3-6-13(12)14(17-16-11)15-7-4-9-19-10-8-18/h2-3,5-6,18H,4,7-10H2,1H3,(H,15,17). The summed E-state index contributed by atoms with van der Waals surface area (Å²) < 4.78 is 5.20. The number of anilines is 1. The second-order valence-corrected chi connectivity index (χ2v) is 4.30. The molecule has 2 N–H and O–H groups in total. The molecule has 2 rings (SSSR count). The molecule has 19 heavy (non-hydrogen) atoms. The van der Waals surface area contributed by atoms with Crippen molar-refractivity contribution < 1.29 is 9.84 Å². The molecular formula is C14H19N3O2. The van der Waals surface area contributed by atoms with E-state index in [2.05, 4.69) is 21.6 Å². The zero-order valence-corrected chi connectivity index (χ0v) is 11.1. The van der Waals surface area contributed by atoms with E-state index in [9.17, 15) is 0 Å². The highest BCUT2D eigenvalue weighted by molar-refractivity contribution is 5.92. The van der Waals surface area contributed by atoms with Crippen molar-refractivity contribution in [2.45, 2.75) is 13.3 Å². The largest absolute Gasteiger partial charge is 0.394 e. The van der Waals surface area contributed by atoms with E-state index in [1.165, 1.54) is 0 Å². The van der Waals surface area contributed by atoms with Gasteiger partial charge in [0.05, 0.1) is 18.9 Å². The number of rotatable bonds is 7. The SMILES string of the molecule is Cc1nnc(NCCCOCCO)c2ccccc12. The van der Waals surface area contributed by atoms with Crippen molar-refractivity contribution in [2.24, 2.45) is 0 Å². The van der Waals surface area contributed by atoms with Crippen molar-refractivity contribution in [3.63, 3.8) is 0 Å². The monoisotopic (exact) mass is 261 g/mol. The number of benzene rings is 1. The average Bonchev–Trinajstić information content (AvgIpc) is 2.45. The third-order valence-electron chi connectivity index (χ3n) is 2.87. The van der Waals surface area contributed by atoms with Crippen LogP contribution >= 0.6 is 0 Å². The average molecular weight is 261 g/mol.